The lowest BCUT2D eigenvalue weighted by molar-refractivity contribution is -0.264. The molecule has 3 nitrogen and oxygen atoms in total. The van der Waals surface area contributed by atoms with Crippen LogP contribution in [0, 0.1) is 5.92 Å². The smallest absolute Gasteiger partial charge is 0.332 e. The minimum Gasteiger partial charge on any atom is -0.366 e. The van der Waals surface area contributed by atoms with Gasteiger partial charge in [0.1, 0.15) is 0 Å². The zero-order valence-electron chi connectivity index (χ0n) is 12.2. The van der Waals surface area contributed by atoms with E-state index in [-0.39, 0.29) is 17.0 Å². The first-order chi connectivity index (χ1) is 8.33. The summed E-state index contributed by atoms with van der Waals surface area (Å²) in [4.78, 5) is 18.0. The van der Waals surface area contributed by atoms with E-state index < -0.39 is 0 Å². The molecule has 2 rings (SSSR count). The van der Waals surface area contributed by atoms with Gasteiger partial charge in [-0.05, 0) is 59.8 Å². The van der Waals surface area contributed by atoms with Gasteiger partial charge in [-0.2, -0.15) is 0 Å². The fourth-order valence-corrected chi connectivity index (χ4v) is 3.38. The Morgan fingerprint density at radius 2 is 1.50 bits per heavy atom. The van der Waals surface area contributed by atoms with E-state index in [1.807, 2.05) is 5.06 Å². The van der Waals surface area contributed by atoms with Gasteiger partial charge in [-0.15, -0.1) is 5.06 Å². The van der Waals surface area contributed by atoms with Crippen molar-refractivity contribution in [1.82, 2.24) is 5.06 Å². The Morgan fingerprint density at radius 1 is 1.00 bits per heavy atom. The van der Waals surface area contributed by atoms with Crippen molar-refractivity contribution in [3.05, 3.63) is 5.92 Å². The molecule has 1 saturated carbocycles. The second-order valence-corrected chi connectivity index (χ2v) is 6.96. The molecule has 0 aromatic rings. The van der Waals surface area contributed by atoms with Gasteiger partial charge in [-0.1, -0.05) is 12.8 Å². The first-order valence-electron chi connectivity index (χ1n) is 7.20. The van der Waals surface area contributed by atoms with E-state index in [9.17, 15) is 4.79 Å². The second-order valence-electron chi connectivity index (χ2n) is 6.96. The molecule has 1 heterocycles. The van der Waals surface area contributed by atoms with Gasteiger partial charge in [0.25, 0.3) is 0 Å². The van der Waals surface area contributed by atoms with Crippen LogP contribution in [-0.4, -0.2) is 22.1 Å². The Bertz CT molecular complexity index is 300. The molecule has 18 heavy (non-hydrogen) atoms. The molecule has 0 spiro atoms. The summed E-state index contributed by atoms with van der Waals surface area (Å²) < 4.78 is 0. The fraction of sp³-hybridized carbons (Fsp3) is 0.867. The quantitative estimate of drug-likeness (QED) is 0.751. The van der Waals surface area contributed by atoms with Gasteiger partial charge in [-0.25, -0.2) is 4.79 Å². The van der Waals surface area contributed by atoms with Crippen molar-refractivity contribution in [2.45, 2.75) is 83.7 Å². The fourth-order valence-electron chi connectivity index (χ4n) is 3.38. The third-order valence-electron chi connectivity index (χ3n) is 4.35. The average Bonchev–Trinajstić information content (AvgIpc) is 2.76. The van der Waals surface area contributed by atoms with E-state index in [1.54, 1.807) is 0 Å². The van der Waals surface area contributed by atoms with Gasteiger partial charge in [0.2, 0.25) is 0 Å². The van der Waals surface area contributed by atoms with E-state index in [0.29, 0.717) is 0 Å². The maximum absolute atomic E-state index is 12.2. The zero-order valence-corrected chi connectivity index (χ0v) is 12.2. The van der Waals surface area contributed by atoms with Crippen LogP contribution in [0.3, 0.4) is 0 Å². The molecule has 0 aromatic carbocycles. The third-order valence-corrected chi connectivity index (χ3v) is 4.35. The number of piperidine rings is 1. The number of nitrogens with zero attached hydrogens (tertiary/aromatic N) is 1. The van der Waals surface area contributed by atoms with E-state index in [4.69, 9.17) is 4.84 Å². The van der Waals surface area contributed by atoms with Crippen LogP contribution in [0.4, 0.5) is 0 Å². The number of carbonyl (C=O) groups is 1. The molecule has 0 atom stereocenters. The molecule has 0 bridgehead atoms. The van der Waals surface area contributed by atoms with Crippen molar-refractivity contribution in [3.8, 4) is 0 Å². The third kappa shape index (κ3) is 2.71. The number of hydroxylamine groups is 2. The van der Waals surface area contributed by atoms with E-state index in [2.05, 4.69) is 27.7 Å². The summed E-state index contributed by atoms with van der Waals surface area (Å²) in [5.41, 5.74) is -0.118. The van der Waals surface area contributed by atoms with Gasteiger partial charge in [0, 0.05) is 0 Å². The molecule has 0 unspecified atom stereocenters. The first kappa shape index (κ1) is 13.9. The highest BCUT2D eigenvalue weighted by Gasteiger charge is 2.45. The van der Waals surface area contributed by atoms with E-state index in [0.717, 1.165) is 44.4 Å². The van der Waals surface area contributed by atoms with Crippen LogP contribution in [-0.2, 0) is 9.63 Å². The maximum Gasteiger partial charge on any atom is 0.332 e. The van der Waals surface area contributed by atoms with Crippen LogP contribution < -0.4 is 0 Å². The van der Waals surface area contributed by atoms with Crippen molar-refractivity contribution in [2.75, 3.05) is 0 Å². The number of hydrogen-bond donors (Lipinski definition) is 0. The lowest BCUT2D eigenvalue weighted by Crippen LogP contribution is -2.59. The predicted octanol–water partition coefficient (Wildman–Crippen LogP) is 3.64. The summed E-state index contributed by atoms with van der Waals surface area (Å²) in [5, 5.41) is 1.96. The SMILES string of the molecule is CC1(C)CCCC(C)(C)N1OC(=O)[C]1CCCC1. The van der Waals surface area contributed by atoms with Gasteiger partial charge in [0.05, 0.1) is 17.0 Å². The van der Waals surface area contributed by atoms with Gasteiger partial charge < -0.3 is 4.84 Å². The van der Waals surface area contributed by atoms with E-state index in [1.165, 1.54) is 6.42 Å². The number of rotatable bonds is 2. The van der Waals surface area contributed by atoms with Crippen LogP contribution >= 0.6 is 0 Å². The molecule has 2 fully saturated rings. The molecular formula is C15H26NO2. The maximum atomic E-state index is 12.2. The van der Waals surface area contributed by atoms with Gasteiger partial charge >= 0.3 is 5.97 Å². The molecule has 1 radical (unpaired) electrons. The van der Waals surface area contributed by atoms with Crippen LogP contribution in [0.25, 0.3) is 0 Å². The van der Waals surface area contributed by atoms with Crippen LogP contribution in [0.15, 0.2) is 0 Å². The molecule has 1 saturated heterocycles. The van der Waals surface area contributed by atoms with Crippen LogP contribution in [0.2, 0.25) is 0 Å². The Hall–Kier alpha value is -0.570. The van der Waals surface area contributed by atoms with Crippen LogP contribution in [0.1, 0.15) is 72.6 Å². The van der Waals surface area contributed by atoms with Crippen molar-refractivity contribution in [1.29, 1.82) is 0 Å². The standard InChI is InChI=1S/C15H26NO2/c1-14(2)10-7-11-15(3,4)16(14)18-13(17)12-8-5-6-9-12/h5-11H2,1-4H3. The number of carbonyl (C=O) groups excluding carboxylic acids is 1. The Morgan fingerprint density at radius 3 is 2.00 bits per heavy atom. The molecule has 3 heteroatoms. The van der Waals surface area contributed by atoms with Crippen LogP contribution in [0.5, 0.6) is 0 Å². The molecule has 103 valence electrons. The minimum atomic E-state index is -0.0875. The largest absolute Gasteiger partial charge is 0.366 e. The summed E-state index contributed by atoms with van der Waals surface area (Å²) in [6, 6.07) is 0. The van der Waals surface area contributed by atoms with Crippen molar-refractivity contribution >= 4 is 5.97 Å². The summed E-state index contributed by atoms with van der Waals surface area (Å²) in [5.74, 6) is 0.891. The monoisotopic (exact) mass is 252 g/mol. The summed E-state index contributed by atoms with van der Waals surface area (Å²) in [7, 11) is 0. The summed E-state index contributed by atoms with van der Waals surface area (Å²) >= 11 is 0. The highest BCUT2D eigenvalue weighted by Crippen LogP contribution is 2.39. The Balaban J connectivity index is 2.06. The predicted molar refractivity (Wildman–Crippen MR) is 71.7 cm³/mol. The molecule has 0 amide bonds. The Labute approximate surface area is 111 Å². The first-order valence-corrected chi connectivity index (χ1v) is 7.20. The molecule has 2 aliphatic rings. The van der Waals surface area contributed by atoms with Gasteiger partial charge in [-0.3, -0.25) is 0 Å². The summed E-state index contributed by atoms with van der Waals surface area (Å²) in [6.07, 6.45) is 7.48. The Kier molecular flexibility index (Phi) is 3.72. The minimum absolute atomic E-state index is 0.0590. The highest BCUT2D eigenvalue weighted by atomic mass is 16.7. The number of hydrogen-bond acceptors (Lipinski definition) is 3. The lowest BCUT2D eigenvalue weighted by Gasteiger charge is -2.50. The molecular weight excluding hydrogens is 226 g/mol. The lowest BCUT2D eigenvalue weighted by atomic mass is 9.82. The van der Waals surface area contributed by atoms with Gasteiger partial charge in [0.15, 0.2) is 0 Å². The molecule has 1 aliphatic heterocycles. The molecule has 0 N–H and O–H groups in total. The average molecular weight is 252 g/mol. The molecule has 1 aliphatic carbocycles. The van der Waals surface area contributed by atoms with Crippen molar-refractivity contribution in [3.63, 3.8) is 0 Å². The van der Waals surface area contributed by atoms with Crippen molar-refractivity contribution < 1.29 is 9.63 Å². The highest BCUT2D eigenvalue weighted by molar-refractivity contribution is 5.84. The zero-order chi connectivity index (χ0) is 13.4. The van der Waals surface area contributed by atoms with E-state index >= 15 is 0 Å². The molecule has 0 aromatic heterocycles. The summed E-state index contributed by atoms with van der Waals surface area (Å²) in [6.45, 7) is 8.67. The topological polar surface area (TPSA) is 29.5 Å². The second kappa shape index (κ2) is 4.84. The van der Waals surface area contributed by atoms with Crippen molar-refractivity contribution in [2.24, 2.45) is 0 Å². The normalized spacial score (nSPS) is 28.2.